The molecule has 0 saturated heterocycles. The van der Waals surface area contributed by atoms with Crippen molar-refractivity contribution in [1.82, 2.24) is 0 Å². The smallest absolute Gasteiger partial charge is 0.225 e. The van der Waals surface area contributed by atoms with Crippen LogP contribution in [0.2, 0.25) is 5.02 Å². The lowest BCUT2D eigenvalue weighted by molar-refractivity contribution is -0.116. The Labute approximate surface area is 128 Å². The Kier molecular flexibility index (Phi) is 5.83. The monoisotopic (exact) mass is 346 g/mol. The van der Waals surface area contributed by atoms with Crippen molar-refractivity contribution in [3.8, 4) is 0 Å². The van der Waals surface area contributed by atoms with Crippen LogP contribution in [0.25, 0.3) is 0 Å². The van der Waals surface area contributed by atoms with Gasteiger partial charge in [0.25, 0.3) is 0 Å². The van der Waals surface area contributed by atoms with Crippen LogP contribution in [0.1, 0.15) is 33.6 Å². The van der Waals surface area contributed by atoms with Gasteiger partial charge >= 0.3 is 0 Å². The maximum atomic E-state index is 11.9. The van der Waals surface area contributed by atoms with Crippen LogP contribution in [0.3, 0.4) is 0 Å². The Hall–Kier alpha value is -0.580. The lowest BCUT2D eigenvalue weighted by Crippen LogP contribution is -2.31. The van der Waals surface area contributed by atoms with E-state index in [-0.39, 0.29) is 17.4 Å². The third-order valence-corrected chi connectivity index (χ3v) is 3.45. The largest absolute Gasteiger partial charge is 0.327 e. The summed E-state index contributed by atoms with van der Waals surface area (Å²) in [7, 11) is 0. The molecule has 0 fully saturated rings. The summed E-state index contributed by atoms with van der Waals surface area (Å²) in [6.45, 7) is 6.33. The third-order valence-electron chi connectivity index (χ3n) is 2.52. The van der Waals surface area contributed by atoms with Gasteiger partial charge in [-0.15, -0.1) is 0 Å². The summed E-state index contributed by atoms with van der Waals surface area (Å²) in [5.74, 6) is -0.0975. The van der Waals surface area contributed by atoms with Gasteiger partial charge in [-0.3, -0.25) is 4.79 Å². The summed E-state index contributed by atoms with van der Waals surface area (Å²) < 4.78 is 0.801. The van der Waals surface area contributed by atoms with Crippen LogP contribution in [-0.2, 0) is 4.79 Å². The molecule has 1 rings (SSSR count). The first kappa shape index (κ1) is 16.5. The molecule has 0 bridgehead atoms. The van der Waals surface area contributed by atoms with E-state index in [4.69, 9.17) is 17.3 Å². The lowest BCUT2D eigenvalue weighted by atomic mass is 9.87. The first-order chi connectivity index (χ1) is 8.67. The molecule has 0 aliphatic rings. The van der Waals surface area contributed by atoms with Crippen LogP contribution >= 0.6 is 27.5 Å². The van der Waals surface area contributed by atoms with Crippen molar-refractivity contribution in [2.24, 2.45) is 11.1 Å². The summed E-state index contributed by atoms with van der Waals surface area (Å²) in [6.07, 6.45) is 1.10. The molecule has 1 aromatic rings. The van der Waals surface area contributed by atoms with Gasteiger partial charge in [0, 0.05) is 22.0 Å². The second-order valence-corrected chi connectivity index (χ2v) is 7.19. The zero-order chi connectivity index (χ0) is 14.6. The maximum absolute atomic E-state index is 11.9. The number of anilines is 1. The second-order valence-electron chi connectivity index (χ2n) is 5.90. The highest BCUT2D eigenvalue weighted by atomic mass is 79.9. The Bertz CT molecular complexity index is 457. The summed E-state index contributed by atoms with van der Waals surface area (Å²) in [4.78, 5) is 11.9. The highest BCUT2D eigenvalue weighted by Crippen LogP contribution is 2.26. The Balaban J connectivity index is 2.58. The van der Waals surface area contributed by atoms with Gasteiger partial charge in [0.2, 0.25) is 5.91 Å². The van der Waals surface area contributed by atoms with Crippen molar-refractivity contribution in [1.29, 1.82) is 0 Å². The number of halogens is 2. The number of carbonyl (C=O) groups is 1. The van der Waals surface area contributed by atoms with Gasteiger partial charge < -0.3 is 11.1 Å². The molecule has 1 atom stereocenters. The van der Waals surface area contributed by atoms with Gasteiger partial charge in [-0.05, 0) is 46.0 Å². The Morgan fingerprint density at radius 2 is 2.11 bits per heavy atom. The van der Waals surface area contributed by atoms with Crippen molar-refractivity contribution < 1.29 is 4.79 Å². The average Bonchev–Trinajstić information content (AvgIpc) is 2.20. The van der Waals surface area contributed by atoms with Crippen LogP contribution in [0.4, 0.5) is 5.69 Å². The van der Waals surface area contributed by atoms with E-state index in [2.05, 4.69) is 42.0 Å². The molecule has 0 radical (unpaired) electrons. The second kappa shape index (κ2) is 6.73. The van der Waals surface area contributed by atoms with Crippen molar-refractivity contribution in [3.05, 3.63) is 27.7 Å². The molecule has 0 aliphatic heterocycles. The molecule has 19 heavy (non-hydrogen) atoms. The van der Waals surface area contributed by atoms with Gasteiger partial charge in [-0.1, -0.05) is 32.4 Å². The van der Waals surface area contributed by atoms with Crippen LogP contribution < -0.4 is 11.1 Å². The van der Waals surface area contributed by atoms with E-state index in [1.54, 1.807) is 18.2 Å². The van der Waals surface area contributed by atoms with Gasteiger partial charge in [0.05, 0.1) is 5.69 Å². The lowest BCUT2D eigenvalue weighted by Gasteiger charge is -2.22. The first-order valence-electron chi connectivity index (χ1n) is 6.18. The van der Waals surface area contributed by atoms with E-state index in [0.29, 0.717) is 17.1 Å². The molecule has 0 spiro atoms. The fourth-order valence-electron chi connectivity index (χ4n) is 1.89. The van der Waals surface area contributed by atoms with Gasteiger partial charge in [-0.2, -0.15) is 0 Å². The Morgan fingerprint density at radius 1 is 1.47 bits per heavy atom. The number of carbonyl (C=O) groups excluding carboxylic acids is 1. The number of nitrogens with two attached hydrogens (primary N) is 1. The first-order valence-corrected chi connectivity index (χ1v) is 7.35. The predicted molar refractivity (Wildman–Crippen MR) is 84.4 cm³/mol. The molecular formula is C14H20BrClN2O. The van der Waals surface area contributed by atoms with E-state index >= 15 is 0 Å². The predicted octanol–water partition coefficient (Wildman–Crippen LogP) is 4.19. The van der Waals surface area contributed by atoms with Crippen LogP contribution in [-0.4, -0.2) is 11.9 Å². The number of benzene rings is 1. The number of nitrogens with one attached hydrogen (secondary N) is 1. The minimum Gasteiger partial charge on any atom is -0.327 e. The minimum atomic E-state index is -0.141. The molecule has 3 N–H and O–H groups in total. The molecule has 3 nitrogen and oxygen atoms in total. The van der Waals surface area contributed by atoms with Crippen molar-refractivity contribution in [2.75, 3.05) is 5.32 Å². The summed E-state index contributed by atoms with van der Waals surface area (Å²) in [5.41, 5.74) is 6.77. The van der Waals surface area contributed by atoms with E-state index < -0.39 is 0 Å². The van der Waals surface area contributed by atoms with E-state index in [1.807, 2.05) is 0 Å². The van der Waals surface area contributed by atoms with Crippen LogP contribution in [0.5, 0.6) is 0 Å². The molecule has 1 aromatic carbocycles. The minimum absolute atomic E-state index is 0.0975. The molecule has 1 unspecified atom stereocenters. The Morgan fingerprint density at radius 3 is 2.68 bits per heavy atom. The zero-order valence-corrected chi connectivity index (χ0v) is 13.8. The van der Waals surface area contributed by atoms with E-state index in [1.165, 1.54) is 0 Å². The highest BCUT2D eigenvalue weighted by Gasteiger charge is 2.18. The molecule has 0 heterocycles. The van der Waals surface area contributed by atoms with E-state index in [0.717, 1.165) is 10.9 Å². The normalized spacial score (nSPS) is 13.2. The fraction of sp³-hybridized carbons (Fsp3) is 0.500. The molecule has 106 valence electrons. The van der Waals surface area contributed by atoms with Crippen molar-refractivity contribution in [2.45, 2.75) is 39.7 Å². The standard InChI is InChI=1S/C14H20BrClN2O/c1-14(2,3)8-10(17)7-13(19)18-12-6-9(16)4-5-11(12)15/h4-6,10H,7-8,17H2,1-3H3,(H,18,19). The molecule has 0 aromatic heterocycles. The SMILES string of the molecule is CC(C)(C)CC(N)CC(=O)Nc1cc(Cl)ccc1Br. The van der Waals surface area contributed by atoms with Gasteiger partial charge in [-0.25, -0.2) is 0 Å². The number of amides is 1. The summed E-state index contributed by atoms with van der Waals surface area (Å²) >= 11 is 9.27. The fourth-order valence-corrected chi connectivity index (χ4v) is 2.41. The average molecular weight is 348 g/mol. The zero-order valence-electron chi connectivity index (χ0n) is 11.5. The molecule has 1 amide bonds. The third kappa shape index (κ3) is 6.41. The van der Waals surface area contributed by atoms with Crippen molar-refractivity contribution in [3.63, 3.8) is 0 Å². The summed E-state index contributed by atoms with van der Waals surface area (Å²) in [5, 5.41) is 3.40. The van der Waals surface area contributed by atoms with Crippen LogP contribution in [0, 0.1) is 5.41 Å². The van der Waals surface area contributed by atoms with E-state index in [9.17, 15) is 4.79 Å². The topological polar surface area (TPSA) is 55.1 Å². The quantitative estimate of drug-likeness (QED) is 0.858. The number of rotatable bonds is 4. The van der Waals surface area contributed by atoms with Crippen molar-refractivity contribution >= 4 is 39.1 Å². The number of hydrogen-bond acceptors (Lipinski definition) is 2. The molecular weight excluding hydrogens is 328 g/mol. The van der Waals surface area contributed by atoms with Crippen LogP contribution in [0.15, 0.2) is 22.7 Å². The number of hydrogen-bond donors (Lipinski definition) is 2. The molecule has 5 heteroatoms. The highest BCUT2D eigenvalue weighted by molar-refractivity contribution is 9.10. The van der Waals surface area contributed by atoms with Gasteiger partial charge in [0.15, 0.2) is 0 Å². The molecule has 0 saturated carbocycles. The van der Waals surface area contributed by atoms with Gasteiger partial charge in [0.1, 0.15) is 0 Å². The maximum Gasteiger partial charge on any atom is 0.225 e. The molecule has 0 aliphatic carbocycles. The summed E-state index contributed by atoms with van der Waals surface area (Å²) in [6, 6.07) is 5.12.